The van der Waals surface area contributed by atoms with Crippen LogP contribution in [0.1, 0.15) is 67.8 Å². The predicted octanol–water partition coefficient (Wildman–Crippen LogP) is 4.69. The zero-order valence-corrected chi connectivity index (χ0v) is 13.9. The van der Waals surface area contributed by atoms with Crippen molar-refractivity contribution in [1.29, 1.82) is 0 Å². The second-order valence-electron chi connectivity index (χ2n) is 6.25. The Morgan fingerprint density at radius 2 is 1.77 bits per heavy atom. The first-order valence-electron chi connectivity index (χ1n) is 8.80. The van der Waals surface area contributed by atoms with Gasteiger partial charge in [0.15, 0.2) is 5.78 Å². The zero-order valence-electron chi connectivity index (χ0n) is 13.9. The van der Waals surface area contributed by atoms with Gasteiger partial charge in [-0.15, -0.1) is 0 Å². The van der Waals surface area contributed by atoms with Crippen LogP contribution >= 0.6 is 0 Å². The molecule has 2 rings (SSSR count). The van der Waals surface area contributed by atoms with Crippen LogP contribution in [0.5, 0.6) is 0 Å². The molecular weight excluding hydrogens is 270 g/mol. The summed E-state index contributed by atoms with van der Waals surface area (Å²) in [6.45, 7) is 4.06. The third-order valence-electron chi connectivity index (χ3n) is 4.41. The maximum absolute atomic E-state index is 12.5. The highest BCUT2D eigenvalue weighted by Crippen LogP contribution is 2.14. The number of rotatable bonds is 4. The third kappa shape index (κ3) is 5.76. The molecule has 2 heteroatoms. The number of carbonyl (C=O) groups is 1. The fourth-order valence-corrected chi connectivity index (χ4v) is 2.92. The fourth-order valence-electron chi connectivity index (χ4n) is 2.92. The number of carbonyl (C=O) groups excluding carboxylic acids is 1. The smallest absolute Gasteiger partial charge is 0.166 e. The first-order chi connectivity index (χ1) is 10.8. The molecule has 1 N–H and O–H groups in total. The summed E-state index contributed by atoms with van der Waals surface area (Å²) in [7, 11) is 0. The Kier molecular flexibility index (Phi) is 7.38. The predicted molar refractivity (Wildman–Crippen MR) is 93.4 cm³/mol. The molecule has 0 radical (unpaired) electrons. The molecule has 0 spiro atoms. The van der Waals surface area contributed by atoms with Crippen molar-refractivity contribution in [3.63, 3.8) is 0 Å². The van der Waals surface area contributed by atoms with Gasteiger partial charge in [-0.3, -0.25) is 4.79 Å². The van der Waals surface area contributed by atoms with E-state index in [1.165, 1.54) is 43.2 Å². The summed E-state index contributed by atoms with van der Waals surface area (Å²) in [4.78, 5) is 12.5. The van der Waals surface area contributed by atoms with E-state index in [1.807, 2.05) is 12.1 Å². The molecule has 1 aliphatic heterocycles. The molecule has 0 bridgehead atoms. The minimum Gasteiger partial charge on any atom is -0.313 e. The first-order valence-corrected chi connectivity index (χ1v) is 8.80. The maximum atomic E-state index is 12.5. The Bertz CT molecular complexity index is 487. The third-order valence-corrected chi connectivity index (χ3v) is 4.41. The van der Waals surface area contributed by atoms with Gasteiger partial charge in [-0.2, -0.15) is 0 Å². The monoisotopic (exact) mass is 299 g/mol. The fraction of sp³-hybridized carbons (Fsp3) is 0.550. The summed E-state index contributed by atoms with van der Waals surface area (Å²) >= 11 is 0. The molecule has 2 nitrogen and oxygen atoms in total. The largest absolute Gasteiger partial charge is 0.313 e. The molecule has 0 amide bonds. The lowest BCUT2D eigenvalue weighted by Gasteiger charge is -2.09. The molecule has 22 heavy (non-hydrogen) atoms. The molecule has 1 aromatic rings. The van der Waals surface area contributed by atoms with Gasteiger partial charge in [-0.05, 0) is 37.8 Å². The van der Waals surface area contributed by atoms with E-state index in [1.54, 1.807) is 0 Å². The van der Waals surface area contributed by atoms with Crippen molar-refractivity contribution in [2.24, 2.45) is 0 Å². The van der Waals surface area contributed by atoms with E-state index in [-0.39, 0.29) is 5.78 Å². The number of benzene rings is 1. The first kappa shape index (κ1) is 17.0. The standard InChI is InChI=1S/C20H29NO/c1-2-17-10-12-19(13-11-17)20(22)15-18-9-7-5-3-4-6-8-14-21-16-18/h9-13,21H,2-8,14-16H2,1H3. The van der Waals surface area contributed by atoms with Crippen molar-refractivity contribution < 1.29 is 4.79 Å². The van der Waals surface area contributed by atoms with Crippen LogP contribution in [0, 0.1) is 0 Å². The number of Topliss-reactive ketones (excluding diaryl/α,β-unsaturated/α-hetero) is 1. The van der Waals surface area contributed by atoms with E-state index in [4.69, 9.17) is 0 Å². The van der Waals surface area contributed by atoms with Gasteiger partial charge in [0.2, 0.25) is 0 Å². The van der Waals surface area contributed by atoms with Crippen LogP contribution in [0.2, 0.25) is 0 Å². The Morgan fingerprint density at radius 3 is 2.55 bits per heavy atom. The SMILES string of the molecule is CCc1ccc(C(=O)CC2=CCCCCCCCNC2)cc1. The molecule has 0 unspecified atom stereocenters. The molecule has 0 atom stereocenters. The molecule has 1 aliphatic rings. The molecular formula is C20H29NO. The Hall–Kier alpha value is -1.41. The van der Waals surface area contributed by atoms with Crippen LogP contribution < -0.4 is 5.32 Å². The minimum absolute atomic E-state index is 0.241. The maximum Gasteiger partial charge on any atom is 0.166 e. The second-order valence-corrected chi connectivity index (χ2v) is 6.25. The molecule has 0 fully saturated rings. The lowest BCUT2D eigenvalue weighted by Crippen LogP contribution is -2.19. The normalized spacial score (nSPS) is 17.4. The van der Waals surface area contributed by atoms with Crippen LogP contribution in [-0.4, -0.2) is 18.9 Å². The van der Waals surface area contributed by atoms with E-state index in [0.29, 0.717) is 6.42 Å². The van der Waals surface area contributed by atoms with Gasteiger partial charge in [-0.1, -0.05) is 62.1 Å². The second kappa shape index (κ2) is 9.58. The minimum atomic E-state index is 0.241. The van der Waals surface area contributed by atoms with Crippen molar-refractivity contribution in [2.45, 2.75) is 58.3 Å². The average molecular weight is 299 g/mol. The molecule has 0 aliphatic carbocycles. The number of hydrogen-bond donors (Lipinski definition) is 1. The van der Waals surface area contributed by atoms with Crippen molar-refractivity contribution >= 4 is 5.78 Å². The topological polar surface area (TPSA) is 29.1 Å². The van der Waals surface area contributed by atoms with E-state index in [0.717, 1.165) is 31.5 Å². The van der Waals surface area contributed by atoms with Gasteiger partial charge in [0.1, 0.15) is 0 Å². The Balaban J connectivity index is 1.95. The molecule has 1 aromatic carbocycles. The van der Waals surface area contributed by atoms with E-state index >= 15 is 0 Å². The van der Waals surface area contributed by atoms with Crippen LogP contribution in [0.4, 0.5) is 0 Å². The summed E-state index contributed by atoms with van der Waals surface area (Å²) in [5.74, 6) is 0.241. The van der Waals surface area contributed by atoms with Gasteiger partial charge >= 0.3 is 0 Å². The van der Waals surface area contributed by atoms with Crippen molar-refractivity contribution in [3.05, 3.63) is 47.0 Å². The van der Waals surface area contributed by atoms with Crippen molar-refractivity contribution in [3.8, 4) is 0 Å². The molecule has 120 valence electrons. The van der Waals surface area contributed by atoms with Crippen LogP contribution in [0.15, 0.2) is 35.9 Å². The quantitative estimate of drug-likeness (QED) is 0.645. The van der Waals surface area contributed by atoms with Crippen LogP contribution in [-0.2, 0) is 6.42 Å². The highest BCUT2D eigenvalue weighted by atomic mass is 16.1. The highest BCUT2D eigenvalue weighted by Gasteiger charge is 2.09. The van der Waals surface area contributed by atoms with Gasteiger partial charge in [0, 0.05) is 18.5 Å². The van der Waals surface area contributed by atoms with Crippen molar-refractivity contribution in [1.82, 2.24) is 5.32 Å². The van der Waals surface area contributed by atoms with Crippen LogP contribution in [0.25, 0.3) is 0 Å². The lowest BCUT2D eigenvalue weighted by molar-refractivity contribution is 0.0992. The number of aryl methyl sites for hydroxylation is 1. The molecule has 0 saturated heterocycles. The average Bonchev–Trinajstić information content (AvgIpc) is 2.61. The number of allylic oxidation sites excluding steroid dienone is 1. The molecule has 0 saturated carbocycles. The van der Waals surface area contributed by atoms with Crippen LogP contribution in [0.3, 0.4) is 0 Å². The molecule has 0 aromatic heterocycles. The van der Waals surface area contributed by atoms with Gasteiger partial charge in [0.25, 0.3) is 0 Å². The Morgan fingerprint density at radius 1 is 1.05 bits per heavy atom. The van der Waals surface area contributed by atoms with E-state index in [2.05, 4.69) is 30.4 Å². The number of nitrogens with one attached hydrogen (secondary N) is 1. The zero-order chi connectivity index (χ0) is 15.6. The summed E-state index contributed by atoms with van der Waals surface area (Å²) < 4.78 is 0. The number of ketones is 1. The van der Waals surface area contributed by atoms with E-state index < -0.39 is 0 Å². The number of hydrogen-bond acceptors (Lipinski definition) is 2. The lowest BCUT2D eigenvalue weighted by atomic mass is 10.00. The highest BCUT2D eigenvalue weighted by molar-refractivity contribution is 5.97. The van der Waals surface area contributed by atoms with Crippen molar-refractivity contribution in [2.75, 3.05) is 13.1 Å². The summed E-state index contributed by atoms with van der Waals surface area (Å²) in [6, 6.07) is 8.08. The van der Waals surface area contributed by atoms with E-state index in [9.17, 15) is 4.79 Å². The van der Waals surface area contributed by atoms with Gasteiger partial charge in [-0.25, -0.2) is 0 Å². The summed E-state index contributed by atoms with van der Waals surface area (Å²) in [6.07, 6.45) is 11.5. The van der Waals surface area contributed by atoms with Gasteiger partial charge < -0.3 is 5.32 Å². The van der Waals surface area contributed by atoms with Gasteiger partial charge in [0.05, 0.1) is 0 Å². The summed E-state index contributed by atoms with van der Waals surface area (Å²) in [5.41, 5.74) is 3.38. The molecule has 1 heterocycles. The Labute approximate surface area is 135 Å². The summed E-state index contributed by atoms with van der Waals surface area (Å²) in [5, 5.41) is 3.49.